The first kappa shape index (κ1) is 15.5. The molecular formula is C14H26O2. The van der Waals surface area contributed by atoms with Crippen molar-refractivity contribution < 1.29 is 10.2 Å². The van der Waals surface area contributed by atoms with Gasteiger partial charge in [0.1, 0.15) is 6.10 Å². The molecule has 0 aromatic carbocycles. The minimum absolute atomic E-state index is 0.324. The number of hydrogen-bond donors (Lipinski definition) is 2. The van der Waals surface area contributed by atoms with Crippen LogP contribution in [0, 0.1) is 11.8 Å². The number of aliphatic hydroxyl groups excluding tert-OH is 2. The van der Waals surface area contributed by atoms with Gasteiger partial charge in [0, 0.05) is 6.42 Å². The summed E-state index contributed by atoms with van der Waals surface area (Å²) in [6.07, 6.45) is 6.72. The Morgan fingerprint density at radius 2 is 1.62 bits per heavy atom. The average Bonchev–Trinajstić information content (AvgIpc) is 2.26. The minimum Gasteiger partial charge on any atom is -0.392 e. The molecule has 0 saturated carbocycles. The van der Waals surface area contributed by atoms with Crippen molar-refractivity contribution in [3.05, 3.63) is 0 Å². The van der Waals surface area contributed by atoms with E-state index in [9.17, 15) is 10.2 Å². The van der Waals surface area contributed by atoms with Crippen LogP contribution in [0.5, 0.6) is 0 Å². The van der Waals surface area contributed by atoms with Gasteiger partial charge in [-0.3, -0.25) is 0 Å². The Morgan fingerprint density at radius 3 is 2.25 bits per heavy atom. The third-order valence-corrected chi connectivity index (χ3v) is 2.58. The standard InChI is InChI=1S/C14H26O2/c1-3-5-7-10-14(16)12-8-11-13(15)9-6-4-2/h13-16H,3-7,9-11H2,1-2H3. The van der Waals surface area contributed by atoms with E-state index in [2.05, 4.69) is 25.7 Å². The molecule has 2 nitrogen and oxygen atoms in total. The van der Waals surface area contributed by atoms with E-state index in [0.29, 0.717) is 6.42 Å². The molecule has 0 saturated heterocycles. The zero-order valence-electron chi connectivity index (χ0n) is 10.7. The van der Waals surface area contributed by atoms with E-state index < -0.39 is 6.10 Å². The van der Waals surface area contributed by atoms with Gasteiger partial charge in [0.15, 0.2) is 0 Å². The van der Waals surface area contributed by atoms with E-state index in [1.807, 2.05) is 0 Å². The van der Waals surface area contributed by atoms with Crippen molar-refractivity contribution in [2.45, 2.75) is 77.4 Å². The molecule has 0 fully saturated rings. The Balaban J connectivity index is 3.57. The minimum atomic E-state index is -0.509. The van der Waals surface area contributed by atoms with Crippen LogP contribution in [-0.2, 0) is 0 Å². The van der Waals surface area contributed by atoms with Gasteiger partial charge in [-0.05, 0) is 19.3 Å². The van der Waals surface area contributed by atoms with E-state index in [1.54, 1.807) is 0 Å². The van der Waals surface area contributed by atoms with Gasteiger partial charge >= 0.3 is 0 Å². The first-order chi connectivity index (χ1) is 7.70. The van der Waals surface area contributed by atoms with Crippen LogP contribution in [0.15, 0.2) is 0 Å². The summed E-state index contributed by atoms with van der Waals surface area (Å²) >= 11 is 0. The average molecular weight is 226 g/mol. The van der Waals surface area contributed by atoms with Crippen molar-refractivity contribution in [3.8, 4) is 11.8 Å². The lowest BCUT2D eigenvalue weighted by atomic mass is 10.1. The monoisotopic (exact) mass is 226 g/mol. The maximum Gasteiger partial charge on any atom is 0.114 e. The van der Waals surface area contributed by atoms with Crippen LogP contribution < -0.4 is 0 Å². The number of hydrogen-bond acceptors (Lipinski definition) is 2. The van der Waals surface area contributed by atoms with Crippen molar-refractivity contribution in [2.75, 3.05) is 0 Å². The Kier molecular flexibility index (Phi) is 10.6. The van der Waals surface area contributed by atoms with E-state index in [-0.39, 0.29) is 6.10 Å². The predicted molar refractivity (Wildman–Crippen MR) is 68.1 cm³/mol. The van der Waals surface area contributed by atoms with Gasteiger partial charge in [0.25, 0.3) is 0 Å². The molecule has 0 bridgehead atoms. The highest BCUT2D eigenvalue weighted by Gasteiger charge is 2.01. The van der Waals surface area contributed by atoms with Crippen molar-refractivity contribution >= 4 is 0 Å². The molecule has 2 N–H and O–H groups in total. The fourth-order valence-corrected chi connectivity index (χ4v) is 1.50. The SMILES string of the molecule is CCCCCC(O)C#CCC(O)CCCC. The maximum absolute atomic E-state index is 9.52. The molecule has 0 radical (unpaired) electrons. The summed E-state index contributed by atoms with van der Waals surface area (Å²) in [5.74, 6) is 5.67. The smallest absolute Gasteiger partial charge is 0.114 e. The molecule has 2 heteroatoms. The van der Waals surface area contributed by atoms with Crippen LogP contribution in [-0.4, -0.2) is 22.4 Å². The third-order valence-electron chi connectivity index (χ3n) is 2.58. The normalized spacial score (nSPS) is 14.0. The summed E-state index contributed by atoms with van der Waals surface area (Å²) in [6, 6.07) is 0. The van der Waals surface area contributed by atoms with Crippen LogP contribution in [0.3, 0.4) is 0 Å². The molecule has 2 atom stereocenters. The molecule has 0 heterocycles. The first-order valence-electron chi connectivity index (χ1n) is 6.55. The van der Waals surface area contributed by atoms with Crippen LogP contribution in [0.4, 0.5) is 0 Å². The second kappa shape index (κ2) is 11.0. The molecule has 0 rings (SSSR count). The van der Waals surface area contributed by atoms with E-state index >= 15 is 0 Å². The van der Waals surface area contributed by atoms with Crippen molar-refractivity contribution in [2.24, 2.45) is 0 Å². The highest BCUT2D eigenvalue weighted by atomic mass is 16.3. The van der Waals surface area contributed by atoms with Crippen molar-refractivity contribution in [3.63, 3.8) is 0 Å². The highest BCUT2D eigenvalue weighted by molar-refractivity contribution is 5.05. The lowest BCUT2D eigenvalue weighted by Gasteiger charge is -2.05. The first-order valence-corrected chi connectivity index (χ1v) is 6.55. The molecule has 0 amide bonds. The molecule has 0 aliphatic rings. The lowest BCUT2D eigenvalue weighted by molar-refractivity contribution is 0.166. The summed E-state index contributed by atoms with van der Waals surface area (Å²) in [7, 11) is 0. The number of aliphatic hydroxyl groups is 2. The predicted octanol–water partition coefficient (Wildman–Crippen LogP) is 2.87. The highest BCUT2D eigenvalue weighted by Crippen LogP contribution is 2.04. The Hall–Kier alpha value is -0.520. The van der Waals surface area contributed by atoms with Crippen molar-refractivity contribution in [1.29, 1.82) is 0 Å². The van der Waals surface area contributed by atoms with Gasteiger partial charge in [0.2, 0.25) is 0 Å². The zero-order chi connectivity index (χ0) is 12.2. The van der Waals surface area contributed by atoms with Gasteiger partial charge in [-0.1, -0.05) is 51.4 Å². The van der Waals surface area contributed by atoms with E-state index in [1.165, 1.54) is 0 Å². The summed E-state index contributed by atoms with van der Waals surface area (Å²) in [5.41, 5.74) is 0. The largest absolute Gasteiger partial charge is 0.392 e. The molecule has 16 heavy (non-hydrogen) atoms. The maximum atomic E-state index is 9.52. The molecular weight excluding hydrogens is 200 g/mol. The molecule has 94 valence electrons. The van der Waals surface area contributed by atoms with Crippen molar-refractivity contribution in [1.82, 2.24) is 0 Å². The summed E-state index contributed by atoms with van der Waals surface area (Å²) in [6.45, 7) is 4.25. The van der Waals surface area contributed by atoms with E-state index in [0.717, 1.165) is 44.9 Å². The Bertz CT molecular complexity index is 203. The van der Waals surface area contributed by atoms with Crippen LogP contribution in [0.2, 0.25) is 0 Å². The topological polar surface area (TPSA) is 40.5 Å². The number of rotatable bonds is 8. The molecule has 0 aromatic heterocycles. The molecule has 2 unspecified atom stereocenters. The molecule has 0 aromatic rings. The molecule has 0 aliphatic carbocycles. The Labute approximate surface area is 100 Å². The van der Waals surface area contributed by atoms with Gasteiger partial charge in [-0.2, -0.15) is 0 Å². The van der Waals surface area contributed by atoms with Gasteiger partial charge in [-0.15, -0.1) is 0 Å². The molecule has 0 spiro atoms. The number of unbranched alkanes of at least 4 members (excludes halogenated alkanes) is 3. The third kappa shape index (κ3) is 10.0. The summed E-state index contributed by atoms with van der Waals surface area (Å²) in [5, 5.41) is 19.0. The summed E-state index contributed by atoms with van der Waals surface area (Å²) in [4.78, 5) is 0. The van der Waals surface area contributed by atoms with Gasteiger partial charge in [0.05, 0.1) is 6.10 Å². The van der Waals surface area contributed by atoms with E-state index in [4.69, 9.17) is 0 Å². The Morgan fingerprint density at radius 1 is 0.938 bits per heavy atom. The lowest BCUT2D eigenvalue weighted by Crippen LogP contribution is -2.06. The fourth-order valence-electron chi connectivity index (χ4n) is 1.50. The fraction of sp³-hybridized carbons (Fsp3) is 0.857. The van der Waals surface area contributed by atoms with Gasteiger partial charge < -0.3 is 10.2 Å². The van der Waals surface area contributed by atoms with Crippen LogP contribution in [0.1, 0.15) is 65.2 Å². The van der Waals surface area contributed by atoms with Crippen LogP contribution in [0.25, 0.3) is 0 Å². The zero-order valence-corrected chi connectivity index (χ0v) is 10.7. The summed E-state index contributed by atoms with van der Waals surface area (Å²) < 4.78 is 0. The second-order valence-corrected chi connectivity index (χ2v) is 4.33. The quantitative estimate of drug-likeness (QED) is 0.493. The molecule has 0 aliphatic heterocycles. The van der Waals surface area contributed by atoms with Crippen LogP contribution >= 0.6 is 0 Å². The second-order valence-electron chi connectivity index (χ2n) is 4.33. The van der Waals surface area contributed by atoms with Gasteiger partial charge in [-0.25, -0.2) is 0 Å².